The lowest BCUT2D eigenvalue weighted by Crippen LogP contribution is -2.26. The molecule has 0 saturated carbocycles. The SMILES string of the molecule is CC(C)(C)c1ccc(CN(CCC(c2ccccc2)c2ccccc2)Cc2nc(C(=O)NCc3cccnc3)cs2)cc1. The summed E-state index contributed by atoms with van der Waals surface area (Å²) in [4.78, 5) is 24.2. The number of hydrogen-bond donors (Lipinski definition) is 1. The summed E-state index contributed by atoms with van der Waals surface area (Å²) < 4.78 is 0. The molecule has 6 heteroatoms. The zero-order chi connectivity index (χ0) is 30.1. The highest BCUT2D eigenvalue weighted by atomic mass is 32.1. The van der Waals surface area contributed by atoms with E-state index in [2.05, 4.69) is 121 Å². The fourth-order valence-corrected chi connectivity index (χ4v) is 6.06. The van der Waals surface area contributed by atoms with Crippen LogP contribution in [0.25, 0.3) is 0 Å². The molecular weight excluding hydrogens is 549 g/mol. The lowest BCUT2D eigenvalue weighted by Gasteiger charge is -2.26. The minimum Gasteiger partial charge on any atom is -0.347 e. The van der Waals surface area contributed by atoms with E-state index in [-0.39, 0.29) is 11.3 Å². The van der Waals surface area contributed by atoms with E-state index in [1.807, 2.05) is 17.5 Å². The third-order valence-electron chi connectivity index (χ3n) is 7.68. The molecule has 0 aliphatic rings. The number of nitrogens with zero attached hydrogens (tertiary/aromatic N) is 3. The van der Waals surface area contributed by atoms with E-state index < -0.39 is 0 Å². The summed E-state index contributed by atoms with van der Waals surface area (Å²) in [7, 11) is 0. The minimum atomic E-state index is -0.163. The van der Waals surface area contributed by atoms with Crippen molar-refractivity contribution in [2.45, 2.75) is 58.2 Å². The van der Waals surface area contributed by atoms with Crippen LogP contribution in [-0.4, -0.2) is 27.3 Å². The van der Waals surface area contributed by atoms with E-state index in [1.54, 1.807) is 23.7 Å². The fourth-order valence-electron chi connectivity index (χ4n) is 5.25. The Labute approximate surface area is 259 Å². The molecule has 0 aliphatic carbocycles. The molecular formula is C37H40N4OS. The van der Waals surface area contributed by atoms with Crippen LogP contribution in [0.1, 0.15) is 76.4 Å². The van der Waals surface area contributed by atoms with Gasteiger partial charge in [0.05, 0.1) is 6.54 Å². The summed E-state index contributed by atoms with van der Waals surface area (Å²) in [6.45, 7) is 9.53. The van der Waals surface area contributed by atoms with E-state index in [9.17, 15) is 4.79 Å². The quantitative estimate of drug-likeness (QED) is 0.161. The van der Waals surface area contributed by atoms with Crippen LogP contribution in [-0.2, 0) is 25.0 Å². The highest BCUT2D eigenvalue weighted by molar-refractivity contribution is 7.09. The van der Waals surface area contributed by atoms with Gasteiger partial charge in [-0.05, 0) is 52.3 Å². The van der Waals surface area contributed by atoms with Crippen molar-refractivity contribution in [1.82, 2.24) is 20.2 Å². The standard InChI is InChI=1S/C37H40N4OS/c1-37(2,3)32-18-16-28(17-19-32)25-41(22-20-33(30-12-6-4-7-13-30)31-14-8-5-9-15-31)26-35-40-34(27-43-35)36(42)39-24-29-11-10-21-38-23-29/h4-19,21,23,27,33H,20,22,24-26H2,1-3H3,(H,39,42). The zero-order valence-electron chi connectivity index (χ0n) is 25.2. The number of benzene rings is 3. The average Bonchev–Trinajstić information content (AvgIpc) is 3.50. The van der Waals surface area contributed by atoms with Gasteiger partial charge in [-0.1, -0.05) is 112 Å². The van der Waals surface area contributed by atoms with Gasteiger partial charge in [0.2, 0.25) is 0 Å². The van der Waals surface area contributed by atoms with Crippen molar-refractivity contribution >= 4 is 17.2 Å². The van der Waals surface area contributed by atoms with E-state index in [1.165, 1.54) is 22.3 Å². The predicted molar refractivity (Wildman–Crippen MR) is 176 cm³/mol. The van der Waals surface area contributed by atoms with Crippen LogP contribution in [0.3, 0.4) is 0 Å². The molecule has 5 rings (SSSR count). The van der Waals surface area contributed by atoms with Gasteiger partial charge in [0.25, 0.3) is 5.91 Å². The van der Waals surface area contributed by atoms with Gasteiger partial charge >= 0.3 is 0 Å². The van der Waals surface area contributed by atoms with Gasteiger partial charge in [0.15, 0.2) is 0 Å². The molecule has 0 bridgehead atoms. The molecule has 220 valence electrons. The molecule has 1 N–H and O–H groups in total. The number of hydrogen-bond acceptors (Lipinski definition) is 5. The third kappa shape index (κ3) is 8.69. The number of pyridine rings is 1. The molecule has 0 atom stereocenters. The van der Waals surface area contributed by atoms with Crippen molar-refractivity contribution in [3.8, 4) is 0 Å². The highest BCUT2D eigenvalue weighted by Crippen LogP contribution is 2.29. The molecule has 0 aliphatic heterocycles. The molecule has 0 spiro atoms. The maximum absolute atomic E-state index is 12.8. The number of carbonyl (C=O) groups is 1. The molecule has 2 aromatic heterocycles. The van der Waals surface area contributed by atoms with E-state index in [0.29, 0.717) is 24.7 Å². The van der Waals surface area contributed by atoms with Gasteiger partial charge in [-0.3, -0.25) is 14.7 Å². The second kappa shape index (κ2) is 14.4. The third-order valence-corrected chi connectivity index (χ3v) is 8.52. The molecule has 3 aromatic carbocycles. The Balaban J connectivity index is 1.32. The Morgan fingerprint density at radius 1 is 0.837 bits per heavy atom. The number of amides is 1. The molecule has 1 amide bonds. The number of rotatable bonds is 12. The number of thiazole rings is 1. The van der Waals surface area contributed by atoms with Crippen LogP contribution >= 0.6 is 11.3 Å². The largest absolute Gasteiger partial charge is 0.347 e. The van der Waals surface area contributed by atoms with Gasteiger partial charge in [-0.2, -0.15) is 0 Å². The van der Waals surface area contributed by atoms with Crippen LogP contribution in [0.4, 0.5) is 0 Å². The first-order valence-electron chi connectivity index (χ1n) is 14.9. The van der Waals surface area contributed by atoms with E-state index in [4.69, 9.17) is 4.98 Å². The molecule has 0 saturated heterocycles. The highest BCUT2D eigenvalue weighted by Gasteiger charge is 2.19. The average molecular weight is 589 g/mol. The van der Waals surface area contributed by atoms with Crippen LogP contribution in [0.15, 0.2) is 115 Å². The molecule has 5 nitrogen and oxygen atoms in total. The number of carbonyl (C=O) groups excluding carboxylic acids is 1. The first-order chi connectivity index (χ1) is 20.8. The van der Waals surface area contributed by atoms with Gasteiger partial charge in [-0.25, -0.2) is 4.98 Å². The van der Waals surface area contributed by atoms with Crippen molar-refractivity contribution in [2.24, 2.45) is 0 Å². The number of aromatic nitrogens is 2. The summed E-state index contributed by atoms with van der Waals surface area (Å²) >= 11 is 1.55. The van der Waals surface area contributed by atoms with E-state index >= 15 is 0 Å². The first-order valence-corrected chi connectivity index (χ1v) is 15.8. The van der Waals surface area contributed by atoms with Crippen LogP contribution in [0.5, 0.6) is 0 Å². The van der Waals surface area contributed by atoms with Crippen molar-refractivity contribution in [3.05, 3.63) is 153 Å². The summed E-state index contributed by atoms with van der Waals surface area (Å²) in [6.07, 6.45) is 4.46. The minimum absolute atomic E-state index is 0.117. The number of nitrogens with one attached hydrogen (secondary N) is 1. The molecule has 43 heavy (non-hydrogen) atoms. The Bertz CT molecular complexity index is 1520. The molecule has 0 fully saturated rings. The van der Waals surface area contributed by atoms with Crippen molar-refractivity contribution < 1.29 is 4.79 Å². The second-order valence-corrected chi connectivity index (χ2v) is 12.9. The van der Waals surface area contributed by atoms with Crippen LogP contribution in [0.2, 0.25) is 0 Å². The van der Waals surface area contributed by atoms with Gasteiger partial charge in [-0.15, -0.1) is 11.3 Å². The van der Waals surface area contributed by atoms with Gasteiger partial charge < -0.3 is 5.32 Å². The first kappa shape index (κ1) is 30.3. The Morgan fingerprint density at radius 2 is 1.51 bits per heavy atom. The van der Waals surface area contributed by atoms with Gasteiger partial charge in [0.1, 0.15) is 10.7 Å². The Hall–Kier alpha value is -4.13. The lowest BCUT2D eigenvalue weighted by molar-refractivity contribution is 0.0946. The summed E-state index contributed by atoms with van der Waals surface area (Å²) in [6, 6.07) is 34.4. The normalized spacial score (nSPS) is 11.7. The second-order valence-electron chi connectivity index (χ2n) is 12.0. The lowest BCUT2D eigenvalue weighted by atomic mass is 9.86. The summed E-state index contributed by atoms with van der Waals surface area (Å²) in [5.74, 6) is 0.127. The fraction of sp³-hybridized carbons (Fsp3) is 0.270. The summed E-state index contributed by atoms with van der Waals surface area (Å²) in [5.41, 5.74) is 6.79. The Kier molecular flexibility index (Phi) is 10.1. The molecule has 2 heterocycles. The summed E-state index contributed by atoms with van der Waals surface area (Å²) in [5, 5.41) is 5.77. The topological polar surface area (TPSA) is 58.1 Å². The maximum Gasteiger partial charge on any atom is 0.271 e. The van der Waals surface area contributed by atoms with Crippen molar-refractivity contribution in [1.29, 1.82) is 0 Å². The maximum atomic E-state index is 12.8. The van der Waals surface area contributed by atoms with Crippen molar-refractivity contribution in [2.75, 3.05) is 6.54 Å². The Morgan fingerprint density at radius 3 is 2.12 bits per heavy atom. The van der Waals surface area contributed by atoms with Gasteiger partial charge in [0, 0.05) is 36.8 Å². The monoisotopic (exact) mass is 588 g/mol. The van der Waals surface area contributed by atoms with Crippen LogP contribution < -0.4 is 5.32 Å². The van der Waals surface area contributed by atoms with Crippen LogP contribution in [0, 0.1) is 0 Å². The predicted octanol–water partition coefficient (Wildman–Crippen LogP) is 7.99. The molecule has 0 unspecified atom stereocenters. The molecule has 0 radical (unpaired) electrons. The van der Waals surface area contributed by atoms with E-state index in [0.717, 1.165) is 30.1 Å². The smallest absolute Gasteiger partial charge is 0.271 e. The molecule has 5 aromatic rings. The zero-order valence-corrected chi connectivity index (χ0v) is 26.1. The van der Waals surface area contributed by atoms with Crippen molar-refractivity contribution in [3.63, 3.8) is 0 Å².